The van der Waals surface area contributed by atoms with Crippen molar-refractivity contribution in [2.75, 3.05) is 5.73 Å². The molecule has 3 rings (SSSR count). The average Bonchev–Trinajstić information content (AvgIpc) is 2.95. The van der Waals surface area contributed by atoms with Gasteiger partial charge in [-0.3, -0.25) is 0 Å². The predicted molar refractivity (Wildman–Crippen MR) is 73.1 cm³/mol. The molecule has 1 aromatic carbocycles. The Bertz CT molecular complexity index is 653. The lowest BCUT2D eigenvalue weighted by Gasteiger charge is -2.03. The number of hydrogen-bond acceptors (Lipinski definition) is 3. The van der Waals surface area contributed by atoms with Crippen molar-refractivity contribution >= 4 is 28.1 Å². The Morgan fingerprint density at radius 3 is 2.88 bits per heavy atom. The number of aromatic nitrogens is 2. The van der Waals surface area contributed by atoms with E-state index in [1.807, 2.05) is 18.2 Å². The van der Waals surface area contributed by atoms with Gasteiger partial charge in [-0.2, -0.15) is 0 Å². The Morgan fingerprint density at radius 1 is 1.29 bits per heavy atom. The maximum Gasteiger partial charge on any atom is 0.151 e. The maximum absolute atomic E-state index is 5.97. The average molecular weight is 243 g/mol. The zero-order chi connectivity index (χ0) is 11.8. The Kier molecular flexibility index (Phi) is 2.37. The summed E-state index contributed by atoms with van der Waals surface area (Å²) in [5.74, 6) is 1.01. The molecule has 0 amide bonds. The quantitative estimate of drug-likeness (QED) is 0.701. The first kappa shape index (κ1) is 10.4. The van der Waals surface area contributed by atoms with Gasteiger partial charge in [0, 0.05) is 6.54 Å². The first-order valence-corrected chi connectivity index (χ1v) is 6.48. The van der Waals surface area contributed by atoms with Crippen molar-refractivity contribution in [1.29, 1.82) is 0 Å². The third-order valence-electron chi connectivity index (χ3n) is 2.87. The Morgan fingerprint density at radius 2 is 2.18 bits per heavy atom. The number of rotatable bonds is 2. The lowest BCUT2D eigenvalue weighted by atomic mass is 10.3. The lowest BCUT2D eigenvalue weighted by Crippen LogP contribution is -1.96. The molecule has 0 saturated carbocycles. The standard InChI is InChI=1S/C13H13N3S/c1-2-16-10-6-3-5-9(14)12(10)15-13(16)11-7-4-8-17-11/h3-8H,2,14H2,1H3. The van der Waals surface area contributed by atoms with Crippen LogP contribution < -0.4 is 5.73 Å². The highest BCUT2D eigenvalue weighted by Gasteiger charge is 2.13. The van der Waals surface area contributed by atoms with Gasteiger partial charge in [-0.15, -0.1) is 11.3 Å². The monoisotopic (exact) mass is 243 g/mol. The summed E-state index contributed by atoms with van der Waals surface area (Å²) in [4.78, 5) is 5.86. The van der Waals surface area contributed by atoms with E-state index >= 15 is 0 Å². The van der Waals surface area contributed by atoms with Crippen molar-refractivity contribution in [3.05, 3.63) is 35.7 Å². The summed E-state index contributed by atoms with van der Waals surface area (Å²) < 4.78 is 2.21. The number of aryl methyl sites for hydroxylation is 1. The second kappa shape index (κ2) is 3.89. The smallest absolute Gasteiger partial charge is 0.151 e. The van der Waals surface area contributed by atoms with Crippen molar-refractivity contribution in [3.8, 4) is 10.7 Å². The number of thiophene rings is 1. The first-order valence-electron chi connectivity index (χ1n) is 5.60. The van der Waals surface area contributed by atoms with Crippen LogP contribution in [0.3, 0.4) is 0 Å². The summed E-state index contributed by atoms with van der Waals surface area (Å²) in [5, 5.41) is 2.07. The number of nitrogens with zero attached hydrogens (tertiary/aromatic N) is 2. The summed E-state index contributed by atoms with van der Waals surface area (Å²) in [7, 11) is 0. The minimum atomic E-state index is 0.743. The molecule has 0 unspecified atom stereocenters. The number of fused-ring (bicyclic) bond motifs is 1. The molecule has 0 fully saturated rings. The molecule has 4 heteroatoms. The van der Waals surface area contributed by atoms with E-state index in [9.17, 15) is 0 Å². The van der Waals surface area contributed by atoms with Gasteiger partial charge in [0.2, 0.25) is 0 Å². The Labute approximate surface area is 104 Å². The molecule has 2 N–H and O–H groups in total. The van der Waals surface area contributed by atoms with Gasteiger partial charge >= 0.3 is 0 Å². The molecule has 0 saturated heterocycles. The normalized spacial score (nSPS) is 11.1. The minimum Gasteiger partial charge on any atom is -0.397 e. The molecule has 0 aliphatic heterocycles. The second-order valence-electron chi connectivity index (χ2n) is 3.87. The molecular formula is C13H13N3S. The van der Waals surface area contributed by atoms with Crippen LogP contribution in [0.1, 0.15) is 6.92 Å². The minimum absolute atomic E-state index is 0.743. The van der Waals surface area contributed by atoms with Gasteiger partial charge in [0.15, 0.2) is 5.82 Å². The fourth-order valence-corrected chi connectivity index (χ4v) is 2.80. The van der Waals surface area contributed by atoms with E-state index in [1.54, 1.807) is 11.3 Å². The molecule has 0 aliphatic carbocycles. The van der Waals surface area contributed by atoms with E-state index < -0.39 is 0 Å². The molecule has 86 valence electrons. The fraction of sp³-hybridized carbons (Fsp3) is 0.154. The lowest BCUT2D eigenvalue weighted by molar-refractivity contribution is 0.798. The van der Waals surface area contributed by atoms with E-state index in [0.29, 0.717) is 0 Å². The van der Waals surface area contributed by atoms with Crippen LogP contribution in [0.25, 0.3) is 21.7 Å². The number of nitrogens with two attached hydrogens (primary N) is 1. The van der Waals surface area contributed by atoms with Crippen LogP contribution in [0, 0.1) is 0 Å². The zero-order valence-corrected chi connectivity index (χ0v) is 10.4. The van der Waals surface area contributed by atoms with Crippen LogP contribution in [0.5, 0.6) is 0 Å². The van der Waals surface area contributed by atoms with Crippen LogP contribution in [0.4, 0.5) is 5.69 Å². The summed E-state index contributed by atoms with van der Waals surface area (Å²) >= 11 is 1.70. The second-order valence-corrected chi connectivity index (χ2v) is 4.82. The molecule has 0 aliphatic rings. The molecule has 17 heavy (non-hydrogen) atoms. The number of imidazole rings is 1. The number of nitrogen functional groups attached to an aromatic ring is 1. The predicted octanol–water partition coefficient (Wildman–Crippen LogP) is 3.37. The highest BCUT2D eigenvalue weighted by Crippen LogP contribution is 2.30. The van der Waals surface area contributed by atoms with Gasteiger partial charge in [0.25, 0.3) is 0 Å². The van der Waals surface area contributed by atoms with E-state index in [-0.39, 0.29) is 0 Å². The summed E-state index contributed by atoms with van der Waals surface area (Å²) in [6.45, 7) is 3.02. The van der Waals surface area contributed by atoms with Gasteiger partial charge in [-0.25, -0.2) is 4.98 Å². The van der Waals surface area contributed by atoms with Crippen molar-refractivity contribution < 1.29 is 0 Å². The molecular weight excluding hydrogens is 230 g/mol. The fourth-order valence-electron chi connectivity index (χ4n) is 2.08. The van der Waals surface area contributed by atoms with Gasteiger partial charge in [-0.05, 0) is 30.5 Å². The van der Waals surface area contributed by atoms with E-state index in [4.69, 9.17) is 5.73 Å². The number of hydrogen-bond donors (Lipinski definition) is 1. The third kappa shape index (κ3) is 1.52. The van der Waals surface area contributed by atoms with E-state index in [2.05, 4.69) is 34.0 Å². The number of benzene rings is 1. The molecule has 2 heterocycles. The zero-order valence-electron chi connectivity index (χ0n) is 9.55. The van der Waals surface area contributed by atoms with Crippen molar-refractivity contribution in [2.24, 2.45) is 0 Å². The van der Waals surface area contributed by atoms with E-state index in [0.717, 1.165) is 29.1 Å². The number of anilines is 1. The third-order valence-corrected chi connectivity index (χ3v) is 3.73. The van der Waals surface area contributed by atoms with Crippen LogP contribution in [-0.2, 0) is 6.54 Å². The molecule has 0 atom stereocenters. The van der Waals surface area contributed by atoms with Crippen LogP contribution in [-0.4, -0.2) is 9.55 Å². The summed E-state index contributed by atoms with van der Waals surface area (Å²) in [6.07, 6.45) is 0. The number of para-hydroxylation sites is 1. The molecule has 0 bridgehead atoms. The SMILES string of the molecule is CCn1c(-c2cccs2)nc2c(N)cccc21. The van der Waals surface area contributed by atoms with Crippen LogP contribution in [0.2, 0.25) is 0 Å². The van der Waals surface area contributed by atoms with Gasteiger partial charge in [0.05, 0.1) is 16.1 Å². The highest BCUT2D eigenvalue weighted by atomic mass is 32.1. The van der Waals surface area contributed by atoms with E-state index in [1.165, 1.54) is 4.88 Å². The highest BCUT2D eigenvalue weighted by molar-refractivity contribution is 7.13. The van der Waals surface area contributed by atoms with Gasteiger partial charge in [-0.1, -0.05) is 12.1 Å². The van der Waals surface area contributed by atoms with Gasteiger partial charge in [0.1, 0.15) is 5.52 Å². The van der Waals surface area contributed by atoms with Crippen molar-refractivity contribution in [2.45, 2.75) is 13.5 Å². The molecule has 0 radical (unpaired) electrons. The van der Waals surface area contributed by atoms with Crippen molar-refractivity contribution in [3.63, 3.8) is 0 Å². The topological polar surface area (TPSA) is 43.8 Å². The molecule has 2 aromatic heterocycles. The Hall–Kier alpha value is -1.81. The maximum atomic E-state index is 5.97. The molecule has 3 aromatic rings. The molecule has 0 spiro atoms. The first-order chi connectivity index (χ1) is 8.31. The Balaban J connectivity index is 2.36. The summed E-state index contributed by atoms with van der Waals surface area (Å²) in [6, 6.07) is 10.1. The van der Waals surface area contributed by atoms with Crippen LogP contribution in [0.15, 0.2) is 35.7 Å². The van der Waals surface area contributed by atoms with Crippen LogP contribution >= 0.6 is 11.3 Å². The largest absolute Gasteiger partial charge is 0.397 e. The van der Waals surface area contributed by atoms with Crippen molar-refractivity contribution in [1.82, 2.24) is 9.55 Å². The molecule has 3 nitrogen and oxygen atoms in total. The van der Waals surface area contributed by atoms with Gasteiger partial charge < -0.3 is 10.3 Å². The summed E-state index contributed by atoms with van der Waals surface area (Å²) in [5.41, 5.74) is 8.73.